The van der Waals surface area contributed by atoms with Crippen LogP contribution in [0.15, 0.2) is 22.3 Å². The third kappa shape index (κ3) is 2.65. The van der Waals surface area contributed by atoms with Crippen molar-refractivity contribution in [1.82, 2.24) is 4.90 Å². The minimum Gasteiger partial charge on any atom is -0.493 e. The number of esters is 1. The van der Waals surface area contributed by atoms with Gasteiger partial charge in [0.2, 0.25) is 0 Å². The van der Waals surface area contributed by atoms with Crippen molar-refractivity contribution < 1.29 is 28.9 Å². The molecule has 0 amide bonds. The Balaban J connectivity index is 1.94. The first-order valence-corrected chi connectivity index (χ1v) is 9.97. The Morgan fingerprint density at radius 1 is 1.54 bits per heavy atom. The molecule has 2 heterocycles. The van der Waals surface area contributed by atoms with E-state index in [1.165, 1.54) is 0 Å². The number of ketones is 1. The van der Waals surface area contributed by atoms with Gasteiger partial charge in [-0.15, -0.1) is 0 Å². The molecule has 7 nitrogen and oxygen atoms in total. The van der Waals surface area contributed by atoms with Crippen molar-refractivity contribution in [1.29, 1.82) is 0 Å². The predicted molar refractivity (Wildman–Crippen MR) is 104 cm³/mol. The third-order valence-electron chi connectivity index (χ3n) is 5.73. The molecule has 28 heavy (non-hydrogen) atoms. The summed E-state index contributed by atoms with van der Waals surface area (Å²) in [7, 11) is 3.48. The maximum atomic E-state index is 13.0. The van der Waals surface area contributed by atoms with Crippen LogP contribution in [0.25, 0.3) is 0 Å². The molecule has 3 atom stereocenters. The number of likely N-dealkylation sites (N-methyl/N-ethyl adjacent to an activating group) is 1. The fraction of sp³-hybridized carbons (Fsp3) is 0.500. The Kier molecular flexibility index (Phi) is 4.66. The molecule has 0 saturated carbocycles. The van der Waals surface area contributed by atoms with E-state index >= 15 is 0 Å². The van der Waals surface area contributed by atoms with Crippen LogP contribution in [0.5, 0.6) is 11.5 Å². The van der Waals surface area contributed by atoms with Gasteiger partial charge in [0, 0.05) is 41.8 Å². The van der Waals surface area contributed by atoms with Crippen LogP contribution in [0.3, 0.4) is 0 Å². The van der Waals surface area contributed by atoms with Crippen molar-refractivity contribution >= 4 is 27.7 Å². The molecule has 0 bridgehead atoms. The van der Waals surface area contributed by atoms with Crippen LogP contribution >= 0.6 is 15.9 Å². The fourth-order valence-corrected chi connectivity index (χ4v) is 5.10. The topological polar surface area (TPSA) is 85.3 Å². The number of fused-ring (bicyclic) bond motifs is 1. The monoisotopic (exact) mass is 451 g/mol. The molecule has 1 fully saturated rings. The van der Waals surface area contributed by atoms with E-state index < -0.39 is 23.6 Å². The summed E-state index contributed by atoms with van der Waals surface area (Å²) >= 11 is 3.49. The first-order valence-electron chi connectivity index (χ1n) is 9.18. The second-order valence-corrected chi connectivity index (χ2v) is 8.39. The Hall–Kier alpha value is -2.06. The second kappa shape index (κ2) is 6.77. The van der Waals surface area contributed by atoms with Gasteiger partial charge in [0.25, 0.3) is 0 Å². The van der Waals surface area contributed by atoms with E-state index in [2.05, 4.69) is 15.9 Å². The van der Waals surface area contributed by atoms with Crippen LogP contribution < -0.4 is 9.47 Å². The number of nitrogens with zero attached hydrogens (tertiary/aromatic N) is 1. The molecule has 1 aromatic rings. The minimum atomic E-state index is -0.767. The molecule has 1 spiro atoms. The SMILES string of the molecule is COc1cc(Br)c(C(=O)OCC(C)O)c2c1OC1CC(=O)C=C3N(C)CCC321. The zero-order valence-electron chi connectivity index (χ0n) is 16.0. The van der Waals surface area contributed by atoms with Gasteiger partial charge >= 0.3 is 5.97 Å². The number of aliphatic hydroxyl groups is 1. The van der Waals surface area contributed by atoms with Gasteiger partial charge in [0.15, 0.2) is 17.3 Å². The molecule has 3 aliphatic rings. The van der Waals surface area contributed by atoms with Crippen LogP contribution in [0, 0.1) is 0 Å². The van der Waals surface area contributed by atoms with Gasteiger partial charge in [0.1, 0.15) is 12.7 Å². The lowest BCUT2D eigenvalue weighted by atomic mass is 9.68. The first kappa shape index (κ1) is 19.3. The van der Waals surface area contributed by atoms with Crippen molar-refractivity contribution in [3.8, 4) is 11.5 Å². The molecule has 3 unspecified atom stereocenters. The Bertz CT molecular complexity index is 895. The average Bonchev–Trinajstić information content (AvgIpc) is 3.14. The van der Waals surface area contributed by atoms with Crippen molar-refractivity contribution in [2.45, 2.75) is 37.4 Å². The molecular formula is C20H22BrNO6. The van der Waals surface area contributed by atoms with E-state index in [4.69, 9.17) is 14.2 Å². The van der Waals surface area contributed by atoms with Crippen molar-refractivity contribution in [3.63, 3.8) is 0 Å². The number of rotatable bonds is 4. The number of aliphatic hydroxyl groups excluding tert-OH is 1. The maximum absolute atomic E-state index is 13.0. The smallest absolute Gasteiger partial charge is 0.339 e. The number of ether oxygens (including phenoxy) is 3. The molecule has 1 N–H and O–H groups in total. The van der Waals surface area contributed by atoms with E-state index in [9.17, 15) is 14.7 Å². The average molecular weight is 452 g/mol. The molecule has 1 aromatic carbocycles. The third-order valence-corrected chi connectivity index (χ3v) is 6.35. The predicted octanol–water partition coefficient (Wildman–Crippen LogP) is 2.19. The lowest BCUT2D eigenvalue weighted by Crippen LogP contribution is -2.44. The van der Waals surface area contributed by atoms with Crippen LogP contribution in [0.1, 0.15) is 35.7 Å². The molecule has 2 aliphatic heterocycles. The molecule has 0 aromatic heterocycles. The largest absolute Gasteiger partial charge is 0.493 e. The number of hydrogen-bond donors (Lipinski definition) is 1. The number of halogens is 1. The van der Waals surface area contributed by atoms with Crippen molar-refractivity contribution in [2.75, 3.05) is 27.3 Å². The van der Waals surface area contributed by atoms with E-state index in [1.807, 2.05) is 11.9 Å². The quantitative estimate of drug-likeness (QED) is 0.702. The maximum Gasteiger partial charge on any atom is 0.339 e. The normalized spacial score (nSPS) is 26.0. The number of likely N-dealkylation sites (tertiary alicyclic amines) is 1. The highest BCUT2D eigenvalue weighted by Gasteiger charge is 2.60. The highest BCUT2D eigenvalue weighted by molar-refractivity contribution is 9.10. The molecule has 4 rings (SSSR count). The van der Waals surface area contributed by atoms with Gasteiger partial charge in [-0.2, -0.15) is 0 Å². The molecule has 1 saturated heterocycles. The zero-order valence-corrected chi connectivity index (χ0v) is 17.5. The second-order valence-electron chi connectivity index (χ2n) is 7.54. The zero-order chi connectivity index (χ0) is 20.2. The summed E-state index contributed by atoms with van der Waals surface area (Å²) < 4.78 is 17.6. The summed E-state index contributed by atoms with van der Waals surface area (Å²) in [4.78, 5) is 27.3. The fourth-order valence-electron chi connectivity index (χ4n) is 4.54. The lowest BCUT2D eigenvalue weighted by Gasteiger charge is -2.35. The standard InChI is InChI=1S/C20H22BrNO6/c1-10(23)9-27-19(25)16-12(21)8-13(26-3)18-17(16)20-4-5-22(2)14(20)6-11(24)7-15(20)28-18/h6,8,10,15,23H,4-5,7,9H2,1-3H3. The Labute approximate surface area is 171 Å². The number of carbonyl (C=O) groups is 2. The van der Waals surface area contributed by atoms with Gasteiger partial charge < -0.3 is 24.2 Å². The van der Waals surface area contributed by atoms with E-state index in [1.54, 1.807) is 26.2 Å². The van der Waals surface area contributed by atoms with Gasteiger partial charge in [-0.3, -0.25) is 4.79 Å². The molecular weight excluding hydrogens is 430 g/mol. The van der Waals surface area contributed by atoms with Crippen LogP contribution in [-0.4, -0.2) is 61.3 Å². The molecule has 150 valence electrons. The van der Waals surface area contributed by atoms with E-state index in [0.717, 1.165) is 18.7 Å². The van der Waals surface area contributed by atoms with Gasteiger partial charge in [-0.1, -0.05) is 0 Å². The summed E-state index contributed by atoms with van der Waals surface area (Å²) in [5.41, 5.74) is 1.31. The van der Waals surface area contributed by atoms with Crippen LogP contribution in [-0.2, 0) is 14.9 Å². The van der Waals surface area contributed by atoms with E-state index in [-0.39, 0.29) is 18.8 Å². The summed E-state index contributed by atoms with van der Waals surface area (Å²) in [5.74, 6) is 0.444. The van der Waals surface area contributed by atoms with Crippen molar-refractivity contribution in [2.24, 2.45) is 0 Å². The lowest BCUT2D eigenvalue weighted by molar-refractivity contribution is -0.117. The van der Waals surface area contributed by atoms with Crippen LogP contribution in [0.2, 0.25) is 0 Å². The van der Waals surface area contributed by atoms with Gasteiger partial charge in [0.05, 0.1) is 24.2 Å². The van der Waals surface area contributed by atoms with E-state index in [0.29, 0.717) is 27.1 Å². The number of methoxy groups -OCH3 is 1. The van der Waals surface area contributed by atoms with Crippen molar-refractivity contribution in [3.05, 3.63) is 33.4 Å². The summed E-state index contributed by atoms with van der Waals surface area (Å²) in [5, 5.41) is 9.51. The summed E-state index contributed by atoms with van der Waals surface area (Å²) in [6.07, 6.45) is 1.47. The highest BCUT2D eigenvalue weighted by atomic mass is 79.9. The minimum absolute atomic E-state index is 0.00782. The number of allylic oxidation sites excluding steroid dienone is 1. The number of hydrogen-bond acceptors (Lipinski definition) is 7. The first-order chi connectivity index (χ1) is 13.3. The van der Waals surface area contributed by atoms with Gasteiger partial charge in [-0.25, -0.2) is 4.79 Å². The summed E-state index contributed by atoms with van der Waals surface area (Å²) in [6, 6.07) is 1.68. The molecule has 0 radical (unpaired) electrons. The summed E-state index contributed by atoms with van der Waals surface area (Å²) in [6.45, 7) is 2.19. The van der Waals surface area contributed by atoms with Crippen LogP contribution in [0.4, 0.5) is 0 Å². The highest BCUT2D eigenvalue weighted by Crippen LogP contribution is 2.60. The molecule has 8 heteroatoms. The Morgan fingerprint density at radius 2 is 2.29 bits per heavy atom. The van der Waals surface area contributed by atoms with Gasteiger partial charge in [-0.05, 0) is 35.3 Å². The molecule has 1 aliphatic carbocycles. The Morgan fingerprint density at radius 3 is 2.96 bits per heavy atom. The number of carbonyl (C=O) groups excluding carboxylic acids is 2. The number of benzene rings is 1.